The fraction of sp³-hybridized carbons (Fsp3) is 0.667. The SMILES string of the molecule is C=C(C(=O)OC(OC)OC)C([SiH3])CC. The van der Waals surface area contributed by atoms with Gasteiger partial charge in [0, 0.05) is 30.0 Å². The first-order valence-electron chi connectivity index (χ1n) is 4.52. The highest BCUT2D eigenvalue weighted by atomic mass is 28.1. The van der Waals surface area contributed by atoms with Crippen LogP contribution in [0, 0.1) is 0 Å². The van der Waals surface area contributed by atoms with Crippen molar-refractivity contribution < 1.29 is 19.0 Å². The zero-order chi connectivity index (χ0) is 11.1. The minimum absolute atomic E-state index is 0.247. The van der Waals surface area contributed by atoms with Crippen LogP contribution < -0.4 is 0 Å². The van der Waals surface area contributed by atoms with Gasteiger partial charge in [0.2, 0.25) is 0 Å². The Hall–Kier alpha value is -0.653. The molecule has 0 radical (unpaired) electrons. The molecule has 82 valence electrons. The van der Waals surface area contributed by atoms with Crippen LogP contribution in [0.2, 0.25) is 5.54 Å². The van der Waals surface area contributed by atoms with Gasteiger partial charge in [-0.2, -0.15) is 0 Å². The average Bonchev–Trinajstić information content (AvgIpc) is 2.23. The summed E-state index contributed by atoms with van der Waals surface area (Å²) in [6.45, 7) is 4.77. The van der Waals surface area contributed by atoms with Gasteiger partial charge in [0.25, 0.3) is 0 Å². The summed E-state index contributed by atoms with van der Waals surface area (Å²) >= 11 is 0. The van der Waals surface area contributed by atoms with Crippen molar-refractivity contribution in [2.75, 3.05) is 14.2 Å². The molecule has 0 rings (SSSR count). The summed E-state index contributed by atoms with van der Waals surface area (Å²) in [5.74, 6) is -0.444. The number of carbonyl (C=O) groups is 1. The third-order valence-corrected chi connectivity index (χ3v) is 3.57. The Morgan fingerprint density at radius 3 is 2.29 bits per heavy atom. The number of rotatable bonds is 6. The summed E-state index contributed by atoms with van der Waals surface area (Å²) in [6.07, 6.45) is 0.908. The summed E-state index contributed by atoms with van der Waals surface area (Å²) in [7, 11) is 3.70. The highest BCUT2D eigenvalue weighted by Crippen LogP contribution is 2.17. The second-order valence-corrected chi connectivity index (χ2v) is 4.39. The molecule has 0 fully saturated rings. The van der Waals surface area contributed by atoms with E-state index >= 15 is 0 Å². The quantitative estimate of drug-likeness (QED) is 0.277. The summed E-state index contributed by atoms with van der Waals surface area (Å²) in [5.41, 5.74) is 0.745. The van der Waals surface area contributed by atoms with Gasteiger partial charge in [-0.25, -0.2) is 4.79 Å². The lowest BCUT2D eigenvalue weighted by Crippen LogP contribution is -2.23. The number of methoxy groups -OCH3 is 2. The van der Waals surface area contributed by atoms with Crippen LogP contribution >= 0.6 is 0 Å². The van der Waals surface area contributed by atoms with E-state index in [9.17, 15) is 4.79 Å². The van der Waals surface area contributed by atoms with Gasteiger partial charge < -0.3 is 14.2 Å². The minimum Gasteiger partial charge on any atom is -0.407 e. The van der Waals surface area contributed by atoms with Crippen LogP contribution in [0.1, 0.15) is 13.3 Å². The number of ether oxygens (including phenoxy) is 3. The first-order chi connectivity index (χ1) is 6.56. The molecule has 1 atom stereocenters. The minimum atomic E-state index is -0.940. The molecule has 0 aliphatic heterocycles. The van der Waals surface area contributed by atoms with Gasteiger partial charge >= 0.3 is 12.4 Å². The van der Waals surface area contributed by atoms with Crippen molar-refractivity contribution in [1.82, 2.24) is 0 Å². The molecule has 5 heteroatoms. The van der Waals surface area contributed by atoms with Crippen LogP contribution in [0.5, 0.6) is 0 Å². The molecule has 4 nitrogen and oxygen atoms in total. The van der Waals surface area contributed by atoms with E-state index in [-0.39, 0.29) is 5.54 Å². The van der Waals surface area contributed by atoms with E-state index in [0.717, 1.165) is 16.7 Å². The lowest BCUT2D eigenvalue weighted by Gasteiger charge is -2.16. The molecule has 1 unspecified atom stereocenters. The Bertz CT molecular complexity index is 201. The largest absolute Gasteiger partial charge is 0.407 e. The molecule has 14 heavy (non-hydrogen) atoms. The van der Waals surface area contributed by atoms with Crippen molar-refractivity contribution in [3.05, 3.63) is 12.2 Å². The molecule has 0 spiro atoms. The van der Waals surface area contributed by atoms with E-state index in [1.54, 1.807) is 0 Å². The maximum Gasteiger partial charge on any atom is 0.337 e. The van der Waals surface area contributed by atoms with Crippen LogP contribution in [0.3, 0.4) is 0 Å². The lowest BCUT2D eigenvalue weighted by molar-refractivity contribution is -0.252. The van der Waals surface area contributed by atoms with Crippen molar-refractivity contribution in [2.24, 2.45) is 0 Å². The van der Waals surface area contributed by atoms with E-state index in [2.05, 4.69) is 6.58 Å². The van der Waals surface area contributed by atoms with Crippen molar-refractivity contribution in [1.29, 1.82) is 0 Å². The van der Waals surface area contributed by atoms with Crippen LogP contribution in [0.25, 0.3) is 0 Å². The smallest absolute Gasteiger partial charge is 0.337 e. The van der Waals surface area contributed by atoms with Gasteiger partial charge in [0.1, 0.15) is 0 Å². The van der Waals surface area contributed by atoms with Crippen molar-refractivity contribution >= 4 is 16.2 Å². The van der Waals surface area contributed by atoms with E-state index in [4.69, 9.17) is 14.2 Å². The van der Waals surface area contributed by atoms with E-state index in [1.165, 1.54) is 14.2 Å². The Balaban J connectivity index is 4.13. The standard InChI is InChI=1S/C9H18O4Si/c1-5-7(14)6(2)8(10)13-9(11-3)12-4/h7,9H,2,5H2,1,3-4,14H3. The molecule has 0 aromatic rings. The molecule has 0 saturated carbocycles. The third-order valence-electron chi connectivity index (χ3n) is 2.06. The predicted octanol–water partition coefficient (Wildman–Crippen LogP) is 0.226. The Morgan fingerprint density at radius 2 is 1.93 bits per heavy atom. The fourth-order valence-corrected chi connectivity index (χ4v) is 1.04. The van der Waals surface area contributed by atoms with Gasteiger partial charge in [-0.05, 0) is 5.54 Å². The van der Waals surface area contributed by atoms with E-state index in [1.807, 2.05) is 6.92 Å². The molecule has 0 heterocycles. The average molecular weight is 218 g/mol. The normalized spacial score (nSPS) is 12.9. The number of esters is 1. The summed E-state index contributed by atoms with van der Waals surface area (Å²) in [5, 5.41) is 0. The highest BCUT2D eigenvalue weighted by molar-refractivity contribution is 6.17. The maximum absolute atomic E-state index is 11.4. The van der Waals surface area contributed by atoms with Gasteiger partial charge in [0.15, 0.2) is 0 Å². The van der Waals surface area contributed by atoms with Gasteiger partial charge in [0.05, 0.1) is 0 Å². The molecule has 0 aliphatic carbocycles. The molecule has 0 bridgehead atoms. The van der Waals surface area contributed by atoms with Crippen LogP contribution in [-0.2, 0) is 19.0 Å². The van der Waals surface area contributed by atoms with E-state index < -0.39 is 12.4 Å². The zero-order valence-corrected chi connectivity index (χ0v) is 11.2. The monoisotopic (exact) mass is 218 g/mol. The third kappa shape index (κ3) is 4.04. The number of carbonyl (C=O) groups excluding carboxylic acids is 1. The predicted molar refractivity (Wildman–Crippen MR) is 57.0 cm³/mol. The van der Waals surface area contributed by atoms with Gasteiger partial charge in [-0.1, -0.05) is 19.9 Å². The molecule has 0 N–H and O–H groups in total. The summed E-state index contributed by atoms with van der Waals surface area (Å²) < 4.78 is 14.4. The molecule has 0 amide bonds. The number of hydrogen-bond acceptors (Lipinski definition) is 4. The second kappa shape index (κ2) is 6.75. The van der Waals surface area contributed by atoms with E-state index in [0.29, 0.717) is 5.57 Å². The van der Waals surface area contributed by atoms with Crippen LogP contribution in [0.15, 0.2) is 12.2 Å². The molecular weight excluding hydrogens is 200 g/mol. The molecule has 0 aromatic heterocycles. The Kier molecular flexibility index (Phi) is 6.43. The molecule has 0 aromatic carbocycles. The molecule has 0 aliphatic rings. The summed E-state index contributed by atoms with van der Waals surface area (Å²) in [4.78, 5) is 11.4. The zero-order valence-electron chi connectivity index (χ0n) is 9.20. The summed E-state index contributed by atoms with van der Waals surface area (Å²) in [6, 6.07) is 0. The van der Waals surface area contributed by atoms with Crippen molar-refractivity contribution in [2.45, 2.75) is 25.4 Å². The maximum atomic E-state index is 11.4. The second-order valence-electron chi connectivity index (χ2n) is 3.00. The van der Waals surface area contributed by atoms with Gasteiger partial charge in [-0.15, -0.1) is 0 Å². The first-order valence-corrected chi connectivity index (χ1v) is 5.67. The Labute approximate surface area is 87.6 Å². The first kappa shape index (κ1) is 13.3. The highest BCUT2D eigenvalue weighted by Gasteiger charge is 2.18. The molecular formula is C9H18O4Si. The van der Waals surface area contributed by atoms with Crippen LogP contribution in [0.4, 0.5) is 0 Å². The number of hydrogen-bond donors (Lipinski definition) is 0. The fourth-order valence-electron chi connectivity index (χ4n) is 0.803. The van der Waals surface area contributed by atoms with Crippen molar-refractivity contribution in [3.63, 3.8) is 0 Å². The van der Waals surface area contributed by atoms with Gasteiger partial charge in [-0.3, -0.25) is 0 Å². The lowest BCUT2D eigenvalue weighted by atomic mass is 10.2. The van der Waals surface area contributed by atoms with Crippen molar-refractivity contribution in [3.8, 4) is 0 Å². The van der Waals surface area contributed by atoms with Crippen LogP contribution in [-0.4, -0.2) is 36.9 Å². The molecule has 0 saturated heterocycles. The Morgan fingerprint density at radius 1 is 1.43 bits per heavy atom. The topological polar surface area (TPSA) is 44.8 Å².